The summed E-state index contributed by atoms with van der Waals surface area (Å²) in [5.41, 5.74) is -0.863. The molecule has 0 radical (unpaired) electrons. The molecule has 18 heavy (non-hydrogen) atoms. The first kappa shape index (κ1) is 17.1. The first-order valence-electron chi connectivity index (χ1n) is 5.41. The van der Waals surface area contributed by atoms with E-state index in [0.717, 1.165) is 12.8 Å². The second-order valence-electron chi connectivity index (χ2n) is 5.30. The molecule has 0 atom stereocenters. The molecule has 0 heterocycles. The zero-order valence-corrected chi connectivity index (χ0v) is 11.9. The monoisotopic (exact) mass is 283 g/mol. The third-order valence-electron chi connectivity index (χ3n) is 1.92. The molecule has 0 bridgehead atoms. The molecule has 0 aromatic rings. The van der Waals surface area contributed by atoms with Gasteiger partial charge in [-0.25, -0.2) is 4.79 Å². The van der Waals surface area contributed by atoms with Crippen LogP contribution in [0.4, 0.5) is 4.79 Å². The number of hydrogen-bond acceptors (Lipinski definition) is 5. The minimum atomic E-state index is -3.67. The number of aliphatic hydroxyl groups excluding tert-OH is 1. The van der Waals surface area contributed by atoms with Gasteiger partial charge in [-0.1, -0.05) is 0 Å². The summed E-state index contributed by atoms with van der Waals surface area (Å²) in [6, 6.07) is 0. The van der Waals surface area contributed by atoms with Crippen LogP contribution in [0.5, 0.6) is 0 Å². The topological polar surface area (TPSA) is 113 Å². The molecule has 0 aromatic heterocycles. The Morgan fingerprint density at radius 1 is 1.39 bits per heavy atom. The van der Waals surface area contributed by atoms with Crippen molar-refractivity contribution in [3.8, 4) is 0 Å². The summed E-state index contributed by atoms with van der Waals surface area (Å²) < 4.78 is 30.9. The molecule has 108 valence electrons. The Morgan fingerprint density at radius 2 is 1.78 bits per heavy atom. The Morgan fingerprint density at radius 3 is 2.00 bits per heavy atom. The molecule has 0 saturated heterocycles. The molecule has 1 amide bonds. The molecule has 1 rings (SSSR count). The third kappa shape index (κ3) is 10.3. The average molecular weight is 283 g/mol. The molecule has 3 N–H and O–H groups in total. The van der Waals surface area contributed by atoms with Crippen molar-refractivity contribution in [1.29, 1.82) is 0 Å². The van der Waals surface area contributed by atoms with Crippen molar-refractivity contribution in [3.63, 3.8) is 0 Å². The minimum Gasteiger partial charge on any atom is -0.444 e. The lowest BCUT2D eigenvalue weighted by Gasteiger charge is -2.22. The predicted molar refractivity (Wildman–Crippen MR) is 65.9 cm³/mol. The fourth-order valence-electron chi connectivity index (χ4n) is 0.994. The lowest BCUT2D eigenvalue weighted by molar-refractivity contribution is 0.0471. The fourth-order valence-corrected chi connectivity index (χ4v) is 0.994. The number of aliphatic hydroxyl groups is 1. The van der Waals surface area contributed by atoms with E-state index < -0.39 is 21.8 Å². The largest absolute Gasteiger partial charge is 0.444 e. The highest BCUT2D eigenvalue weighted by molar-refractivity contribution is 7.85. The summed E-state index contributed by atoms with van der Waals surface area (Å²) in [5, 5.41) is 11.6. The van der Waals surface area contributed by atoms with Gasteiger partial charge in [0.15, 0.2) is 0 Å². The first-order valence-corrected chi connectivity index (χ1v) is 7.26. The van der Waals surface area contributed by atoms with Crippen LogP contribution in [-0.4, -0.2) is 48.2 Å². The van der Waals surface area contributed by atoms with Crippen LogP contribution in [0.25, 0.3) is 0 Å². The molecule has 1 aliphatic rings. The van der Waals surface area contributed by atoms with Gasteiger partial charge in [-0.3, -0.25) is 4.55 Å². The molecule has 1 aliphatic carbocycles. The van der Waals surface area contributed by atoms with Crippen molar-refractivity contribution in [2.24, 2.45) is 0 Å². The highest BCUT2D eigenvalue weighted by Crippen LogP contribution is 2.34. The molecule has 0 aliphatic heterocycles. The van der Waals surface area contributed by atoms with E-state index in [-0.39, 0.29) is 12.1 Å². The van der Waals surface area contributed by atoms with Crippen LogP contribution in [0.3, 0.4) is 0 Å². The Balaban J connectivity index is 0.000000494. The maximum Gasteiger partial charge on any atom is 0.408 e. The van der Waals surface area contributed by atoms with Crippen LogP contribution >= 0.6 is 0 Å². The molecule has 0 aromatic carbocycles. The number of ether oxygens (including phenoxy) is 1. The number of rotatable bonds is 2. The quantitative estimate of drug-likeness (QED) is 0.637. The van der Waals surface area contributed by atoms with Crippen molar-refractivity contribution < 1.29 is 27.6 Å². The van der Waals surface area contributed by atoms with E-state index in [1.165, 1.54) is 0 Å². The van der Waals surface area contributed by atoms with Crippen molar-refractivity contribution in [2.45, 2.75) is 44.8 Å². The van der Waals surface area contributed by atoms with E-state index in [2.05, 4.69) is 5.32 Å². The van der Waals surface area contributed by atoms with Gasteiger partial charge in [-0.05, 0) is 33.6 Å². The average Bonchev–Trinajstić information content (AvgIpc) is 2.78. The van der Waals surface area contributed by atoms with Crippen LogP contribution in [0, 0.1) is 0 Å². The van der Waals surface area contributed by atoms with Crippen LogP contribution in [0.15, 0.2) is 0 Å². The first-order chi connectivity index (χ1) is 7.87. The summed E-state index contributed by atoms with van der Waals surface area (Å²) in [4.78, 5) is 11.2. The standard InChI is InChI=1S/C9H17NO3.CH4O3S/c1-8(2,3)13-7(12)10-9(6-11)4-5-9;1-5(2,3)4/h11H,4-6H2,1-3H3,(H,10,12);1H3,(H,2,3,4). The zero-order valence-electron chi connectivity index (χ0n) is 11.1. The van der Waals surface area contributed by atoms with Gasteiger partial charge >= 0.3 is 6.09 Å². The molecular weight excluding hydrogens is 262 g/mol. The second kappa shape index (κ2) is 5.85. The normalized spacial score (nSPS) is 17.2. The van der Waals surface area contributed by atoms with E-state index in [9.17, 15) is 13.2 Å². The Bertz CT molecular complexity index is 372. The van der Waals surface area contributed by atoms with Crippen molar-refractivity contribution in [2.75, 3.05) is 12.9 Å². The smallest absolute Gasteiger partial charge is 0.408 e. The number of carbonyl (C=O) groups is 1. The van der Waals surface area contributed by atoms with E-state index in [1.54, 1.807) is 0 Å². The lowest BCUT2D eigenvalue weighted by Crippen LogP contribution is -2.42. The van der Waals surface area contributed by atoms with Crippen LogP contribution < -0.4 is 5.32 Å². The molecule has 1 saturated carbocycles. The van der Waals surface area contributed by atoms with Crippen molar-refractivity contribution in [3.05, 3.63) is 0 Å². The molecule has 0 spiro atoms. The molecule has 1 fully saturated rings. The van der Waals surface area contributed by atoms with Crippen LogP contribution in [0.1, 0.15) is 33.6 Å². The lowest BCUT2D eigenvalue weighted by atomic mass is 10.2. The van der Waals surface area contributed by atoms with Crippen LogP contribution in [-0.2, 0) is 14.9 Å². The number of alkyl carbamates (subject to hydrolysis) is 1. The van der Waals surface area contributed by atoms with Gasteiger partial charge in [0.25, 0.3) is 10.1 Å². The molecule has 7 nitrogen and oxygen atoms in total. The Hall–Kier alpha value is -0.860. The van der Waals surface area contributed by atoms with E-state index in [4.69, 9.17) is 14.4 Å². The second-order valence-corrected chi connectivity index (χ2v) is 6.76. The Kier molecular flexibility index (Phi) is 5.57. The number of nitrogens with one attached hydrogen (secondary N) is 1. The zero-order chi connectivity index (χ0) is 14.6. The summed E-state index contributed by atoms with van der Waals surface area (Å²) in [5.74, 6) is 0. The minimum absolute atomic E-state index is 0.00770. The summed E-state index contributed by atoms with van der Waals surface area (Å²) >= 11 is 0. The Labute approximate surface area is 107 Å². The van der Waals surface area contributed by atoms with Gasteiger partial charge in [0.05, 0.1) is 18.4 Å². The van der Waals surface area contributed by atoms with Crippen molar-refractivity contribution in [1.82, 2.24) is 5.32 Å². The highest BCUT2D eigenvalue weighted by Gasteiger charge is 2.44. The fraction of sp³-hybridized carbons (Fsp3) is 0.900. The molecule has 0 unspecified atom stereocenters. The van der Waals surface area contributed by atoms with Gasteiger partial charge in [0.1, 0.15) is 5.60 Å². The molecule has 8 heteroatoms. The van der Waals surface area contributed by atoms with E-state index in [1.807, 2.05) is 20.8 Å². The van der Waals surface area contributed by atoms with Crippen LogP contribution in [0.2, 0.25) is 0 Å². The van der Waals surface area contributed by atoms with Crippen molar-refractivity contribution >= 4 is 16.2 Å². The predicted octanol–water partition coefficient (Wildman–Crippen LogP) is 0.540. The number of hydrogen-bond donors (Lipinski definition) is 3. The van der Waals surface area contributed by atoms with E-state index >= 15 is 0 Å². The van der Waals surface area contributed by atoms with E-state index in [0.29, 0.717) is 6.26 Å². The van der Waals surface area contributed by atoms with Gasteiger partial charge in [-0.15, -0.1) is 0 Å². The molecular formula is C10H21NO6S. The summed E-state index contributed by atoms with van der Waals surface area (Å²) in [7, 11) is -3.67. The van der Waals surface area contributed by atoms with Gasteiger partial charge in [0, 0.05) is 0 Å². The third-order valence-corrected chi connectivity index (χ3v) is 1.92. The summed E-state index contributed by atoms with van der Waals surface area (Å²) in [6.07, 6.45) is 1.94. The maximum atomic E-state index is 11.2. The van der Waals surface area contributed by atoms with Gasteiger partial charge < -0.3 is 15.2 Å². The van der Waals surface area contributed by atoms with Gasteiger partial charge in [0.2, 0.25) is 0 Å². The maximum absolute atomic E-state index is 11.2. The SMILES string of the molecule is CC(C)(C)OC(=O)NC1(CO)CC1.CS(=O)(=O)O. The number of carbonyl (C=O) groups excluding carboxylic acids is 1. The van der Waals surface area contributed by atoms with Gasteiger partial charge in [-0.2, -0.15) is 8.42 Å². The summed E-state index contributed by atoms with van der Waals surface area (Å²) in [6.45, 7) is 5.42. The number of amides is 1. The highest BCUT2D eigenvalue weighted by atomic mass is 32.2.